The lowest BCUT2D eigenvalue weighted by molar-refractivity contribution is 0.104. The lowest BCUT2D eigenvalue weighted by atomic mass is 10.1. The minimum atomic E-state index is -0.190. The minimum absolute atomic E-state index is 0.190. The van der Waals surface area contributed by atoms with Crippen LogP contribution in [0.25, 0.3) is 0 Å². The predicted molar refractivity (Wildman–Crippen MR) is 102 cm³/mol. The highest BCUT2D eigenvalue weighted by molar-refractivity contribution is 7.18. The van der Waals surface area contributed by atoms with E-state index in [1.54, 1.807) is 18.2 Å². The van der Waals surface area contributed by atoms with Crippen LogP contribution >= 0.6 is 11.3 Å². The summed E-state index contributed by atoms with van der Waals surface area (Å²) < 4.78 is 5.27. The molecule has 0 bridgehead atoms. The van der Waals surface area contributed by atoms with Crippen molar-refractivity contribution in [1.82, 2.24) is 4.98 Å². The molecule has 0 aliphatic rings. The molecule has 0 atom stereocenters. The standard InChI is InChI=1S/C19H19N3O2S/c1-3-12-8-4-6-10-14(12)21-19-22-18(20)17(25-19)16(23)13-9-5-7-11-15(13)24-2/h4-11H,3,20H2,1-2H3,(H,21,22). The normalized spacial score (nSPS) is 10.5. The molecule has 0 radical (unpaired) electrons. The van der Waals surface area contributed by atoms with Gasteiger partial charge in [0.25, 0.3) is 0 Å². The van der Waals surface area contributed by atoms with Crippen molar-refractivity contribution in [2.45, 2.75) is 13.3 Å². The second-order valence-corrected chi connectivity index (χ2v) is 6.40. The number of aryl methyl sites for hydroxylation is 1. The third-order valence-electron chi connectivity index (χ3n) is 3.85. The fourth-order valence-electron chi connectivity index (χ4n) is 2.57. The average molecular weight is 353 g/mol. The second-order valence-electron chi connectivity index (χ2n) is 5.40. The van der Waals surface area contributed by atoms with Gasteiger partial charge in [-0.1, -0.05) is 48.6 Å². The molecule has 128 valence electrons. The van der Waals surface area contributed by atoms with E-state index in [1.807, 2.05) is 24.3 Å². The molecule has 6 heteroatoms. The Bertz CT molecular complexity index is 905. The number of carbonyl (C=O) groups is 1. The lowest BCUT2D eigenvalue weighted by Gasteiger charge is -2.07. The van der Waals surface area contributed by atoms with Crippen LogP contribution in [0.1, 0.15) is 27.7 Å². The van der Waals surface area contributed by atoms with Crippen LogP contribution in [0.15, 0.2) is 48.5 Å². The number of anilines is 3. The maximum absolute atomic E-state index is 12.8. The summed E-state index contributed by atoms with van der Waals surface area (Å²) >= 11 is 1.24. The van der Waals surface area contributed by atoms with Crippen molar-refractivity contribution < 1.29 is 9.53 Å². The number of thiazole rings is 1. The smallest absolute Gasteiger partial charge is 0.210 e. The highest BCUT2D eigenvalue weighted by Gasteiger charge is 2.21. The number of hydrogen-bond acceptors (Lipinski definition) is 6. The van der Waals surface area contributed by atoms with Crippen LogP contribution in [0.5, 0.6) is 5.75 Å². The van der Waals surface area contributed by atoms with E-state index in [-0.39, 0.29) is 11.6 Å². The van der Waals surface area contributed by atoms with Gasteiger partial charge in [0, 0.05) is 5.69 Å². The van der Waals surface area contributed by atoms with Crippen LogP contribution in [-0.4, -0.2) is 17.9 Å². The van der Waals surface area contributed by atoms with Gasteiger partial charge in [-0.05, 0) is 30.2 Å². The van der Waals surface area contributed by atoms with Crippen molar-refractivity contribution in [3.05, 3.63) is 64.5 Å². The number of nitrogens with one attached hydrogen (secondary N) is 1. The van der Waals surface area contributed by atoms with E-state index < -0.39 is 0 Å². The first-order valence-corrected chi connectivity index (χ1v) is 8.74. The fourth-order valence-corrected chi connectivity index (χ4v) is 3.42. The zero-order valence-corrected chi connectivity index (χ0v) is 14.9. The third-order valence-corrected chi connectivity index (χ3v) is 4.84. The number of hydrogen-bond donors (Lipinski definition) is 2. The summed E-state index contributed by atoms with van der Waals surface area (Å²) in [6.07, 6.45) is 0.900. The van der Waals surface area contributed by atoms with Crippen LogP contribution in [0.3, 0.4) is 0 Å². The molecule has 5 nitrogen and oxygen atoms in total. The quantitative estimate of drug-likeness (QED) is 0.647. The molecular formula is C19H19N3O2S. The zero-order valence-electron chi connectivity index (χ0n) is 14.1. The number of rotatable bonds is 6. The number of nitrogens with zero attached hydrogens (tertiary/aromatic N) is 1. The summed E-state index contributed by atoms with van der Waals surface area (Å²) in [4.78, 5) is 17.5. The van der Waals surface area contributed by atoms with E-state index in [9.17, 15) is 4.79 Å². The van der Waals surface area contributed by atoms with Gasteiger partial charge in [-0.15, -0.1) is 0 Å². The van der Waals surface area contributed by atoms with Crippen molar-refractivity contribution in [3.63, 3.8) is 0 Å². The van der Waals surface area contributed by atoms with Gasteiger partial charge in [0.2, 0.25) is 5.78 Å². The zero-order chi connectivity index (χ0) is 17.8. The lowest BCUT2D eigenvalue weighted by Crippen LogP contribution is -2.04. The Labute approximate surface area is 150 Å². The van der Waals surface area contributed by atoms with E-state index in [2.05, 4.69) is 23.3 Å². The Morgan fingerprint density at radius 1 is 1.20 bits per heavy atom. The molecule has 3 aromatic rings. The summed E-state index contributed by atoms with van der Waals surface area (Å²) in [5.74, 6) is 0.549. The predicted octanol–water partition coefficient (Wildman–Crippen LogP) is 4.27. The first-order valence-electron chi connectivity index (χ1n) is 7.93. The number of aromatic nitrogens is 1. The second kappa shape index (κ2) is 7.36. The first kappa shape index (κ1) is 17.0. The van der Waals surface area contributed by atoms with Gasteiger partial charge in [-0.2, -0.15) is 0 Å². The number of carbonyl (C=O) groups excluding carboxylic acids is 1. The van der Waals surface area contributed by atoms with Crippen molar-refractivity contribution >= 4 is 33.8 Å². The molecule has 0 aliphatic carbocycles. The highest BCUT2D eigenvalue weighted by Crippen LogP contribution is 2.32. The number of ether oxygens (including phenoxy) is 1. The summed E-state index contributed by atoms with van der Waals surface area (Å²) in [5.41, 5.74) is 8.61. The number of benzene rings is 2. The van der Waals surface area contributed by atoms with Crippen LogP contribution in [0.2, 0.25) is 0 Å². The summed E-state index contributed by atoms with van der Waals surface area (Å²) in [5, 5.41) is 3.86. The molecular weight excluding hydrogens is 334 g/mol. The molecule has 0 amide bonds. The van der Waals surface area contributed by atoms with Crippen molar-refractivity contribution in [2.75, 3.05) is 18.2 Å². The Morgan fingerprint density at radius 3 is 2.68 bits per heavy atom. The van der Waals surface area contributed by atoms with Gasteiger partial charge in [0.15, 0.2) is 5.13 Å². The van der Waals surface area contributed by atoms with Gasteiger partial charge in [0.05, 0.1) is 12.7 Å². The van der Waals surface area contributed by atoms with Crippen molar-refractivity contribution in [1.29, 1.82) is 0 Å². The van der Waals surface area contributed by atoms with Crippen LogP contribution in [0.4, 0.5) is 16.6 Å². The van der Waals surface area contributed by atoms with Crippen LogP contribution in [-0.2, 0) is 6.42 Å². The van der Waals surface area contributed by atoms with E-state index in [4.69, 9.17) is 10.5 Å². The molecule has 0 saturated carbocycles. The number of ketones is 1. The molecule has 0 spiro atoms. The number of methoxy groups -OCH3 is 1. The number of para-hydroxylation sites is 2. The van der Waals surface area contributed by atoms with Gasteiger partial charge in [0.1, 0.15) is 16.4 Å². The molecule has 1 heterocycles. The fraction of sp³-hybridized carbons (Fsp3) is 0.158. The van der Waals surface area contributed by atoms with Gasteiger partial charge in [-0.3, -0.25) is 4.79 Å². The number of nitrogens with two attached hydrogens (primary N) is 1. The first-order chi connectivity index (χ1) is 12.1. The van der Waals surface area contributed by atoms with E-state index >= 15 is 0 Å². The summed E-state index contributed by atoms with van der Waals surface area (Å²) in [7, 11) is 1.54. The Kier molecular flexibility index (Phi) is 5.00. The van der Waals surface area contributed by atoms with Crippen LogP contribution < -0.4 is 15.8 Å². The molecule has 0 fully saturated rings. The highest BCUT2D eigenvalue weighted by atomic mass is 32.1. The summed E-state index contributed by atoms with van der Waals surface area (Å²) in [6, 6.07) is 15.1. The largest absolute Gasteiger partial charge is 0.496 e. The maximum Gasteiger partial charge on any atom is 0.210 e. The molecule has 0 aliphatic heterocycles. The number of nitrogen functional groups attached to an aromatic ring is 1. The molecule has 0 unspecified atom stereocenters. The van der Waals surface area contributed by atoms with Gasteiger partial charge >= 0.3 is 0 Å². The van der Waals surface area contributed by atoms with Crippen molar-refractivity contribution in [2.24, 2.45) is 0 Å². The van der Waals surface area contributed by atoms with Gasteiger partial charge in [-0.25, -0.2) is 4.98 Å². The minimum Gasteiger partial charge on any atom is -0.496 e. The van der Waals surface area contributed by atoms with Crippen molar-refractivity contribution in [3.8, 4) is 5.75 Å². The monoisotopic (exact) mass is 353 g/mol. The van der Waals surface area contributed by atoms with E-state index in [1.165, 1.54) is 24.0 Å². The third kappa shape index (κ3) is 3.49. The Morgan fingerprint density at radius 2 is 1.92 bits per heavy atom. The van der Waals surface area contributed by atoms with E-state index in [0.29, 0.717) is 21.3 Å². The Hall–Kier alpha value is -2.86. The summed E-state index contributed by atoms with van der Waals surface area (Å²) in [6.45, 7) is 2.09. The van der Waals surface area contributed by atoms with Gasteiger partial charge < -0.3 is 15.8 Å². The average Bonchev–Trinajstić information content (AvgIpc) is 3.01. The van der Waals surface area contributed by atoms with Crippen LogP contribution in [0, 0.1) is 0 Å². The van der Waals surface area contributed by atoms with E-state index in [0.717, 1.165) is 12.1 Å². The maximum atomic E-state index is 12.8. The molecule has 0 saturated heterocycles. The molecule has 3 rings (SSSR count). The molecule has 1 aromatic heterocycles. The molecule has 3 N–H and O–H groups in total. The molecule has 25 heavy (non-hydrogen) atoms. The SMILES string of the molecule is CCc1ccccc1Nc1nc(N)c(C(=O)c2ccccc2OC)s1. The topological polar surface area (TPSA) is 77.2 Å². The Balaban J connectivity index is 1.91. The molecule has 2 aromatic carbocycles.